The van der Waals surface area contributed by atoms with Crippen LogP contribution < -0.4 is 4.74 Å². The van der Waals surface area contributed by atoms with Crippen LogP contribution in [0, 0.1) is 0 Å². The van der Waals surface area contributed by atoms with Crippen molar-refractivity contribution in [3.8, 4) is 5.75 Å². The van der Waals surface area contributed by atoms with Crippen LogP contribution in [0.2, 0.25) is 0 Å². The van der Waals surface area contributed by atoms with E-state index in [1.54, 1.807) is 7.05 Å². The lowest BCUT2D eigenvalue weighted by Crippen LogP contribution is -2.42. The summed E-state index contributed by atoms with van der Waals surface area (Å²) in [6.07, 6.45) is 0.637. The smallest absolute Gasteiger partial charge is 0.282 e. The molecule has 20 heavy (non-hydrogen) atoms. The van der Waals surface area contributed by atoms with Crippen LogP contribution in [0.4, 0.5) is 0 Å². The first-order chi connectivity index (χ1) is 9.55. The number of nitrogens with zero attached hydrogens (tertiary/aromatic N) is 2. The number of para-hydroxylation sites is 1. The molecule has 2 rings (SSSR count). The fourth-order valence-corrected chi connectivity index (χ4v) is 3.57. The normalized spacial score (nSPS) is 16.6. The SMILES string of the molecule is CN(CCCCl)S(=O)(=O)N1CCOc2ccccc2C1. The summed E-state index contributed by atoms with van der Waals surface area (Å²) in [6.45, 7) is 1.47. The lowest BCUT2D eigenvalue weighted by molar-refractivity contribution is 0.283. The molecule has 0 bridgehead atoms. The van der Waals surface area contributed by atoms with Crippen LogP contribution in [0.15, 0.2) is 24.3 Å². The Balaban J connectivity index is 2.16. The first-order valence-corrected chi connectivity index (χ1v) is 8.47. The van der Waals surface area contributed by atoms with Gasteiger partial charge in [-0.2, -0.15) is 17.0 Å². The van der Waals surface area contributed by atoms with Gasteiger partial charge in [-0.25, -0.2) is 0 Å². The molecule has 5 nitrogen and oxygen atoms in total. The summed E-state index contributed by atoms with van der Waals surface area (Å²) < 4.78 is 33.4. The number of fused-ring (bicyclic) bond motifs is 1. The molecule has 1 heterocycles. The zero-order valence-corrected chi connectivity index (χ0v) is 13.0. The Morgan fingerprint density at radius 1 is 1.40 bits per heavy atom. The predicted molar refractivity (Wildman–Crippen MR) is 79.2 cm³/mol. The number of rotatable bonds is 5. The van der Waals surface area contributed by atoms with E-state index in [4.69, 9.17) is 16.3 Å². The second-order valence-corrected chi connectivity index (χ2v) is 7.07. The number of hydrogen-bond donors (Lipinski definition) is 0. The molecule has 1 aromatic rings. The first kappa shape index (κ1) is 15.6. The van der Waals surface area contributed by atoms with Crippen molar-refractivity contribution in [2.75, 3.05) is 32.6 Å². The molecule has 0 fully saturated rings. The standard InChI is InChI=1S/C13H19ClN2O3S/c1-15(8-4-7-14)20(17,18)16-9-10-19-13-6-3-2-5-12(13)11-16/h2-3,5-6H,4,7-11H2,1H3. The Bertz CT molecular complexity index is 550. The molecule has 1 aromatic carbocycles. The van der Waals surface area contributed by atoms with E-state index in [0.717, 1.165) is 11.3 Å². The largest absolute Gasteiger partial charge is 0.492 e. The van der Waals surface area contributed by atoms with Crippen molar-refractivity contribution in [3.05, 3.63) is 29.8 Å². The second kappa shape index (κ2) is 6.76. The highest BCUT2D eigenvalue weighted by Gasteiger charge is 2.29. The fourth-order valence-electron chi connectivity index (χ4n) is 2.09. The van der Waals surface area contributed by atoms with Gasteiger partial charge in [0.2, 0.25) is 0 Å². The van der Waals surface area contributed by atoms with Gasteiger partial charge in [0.1, 0.15) is 12.4 Å². The zero-order valence-electron chi connectivity index (χ0n) is 11.5. The average molecular weight is 319 g/mol. The molecule has 0 aliphatic carbocycles. The van der Waals surface area contributed by atoms with Crippen LogP contribution in [-0.4, -0.2) is 49.7 Å². The van der Waals surface area contributed by atoms with Gasteiger partial charge in [0, 0.05) is 38.1 Å². The lowest BCUT2D eigenvalue weighted by atomic mass is 10.2. The van der Waals surface area contributed by atoms with Gasteiger partial charge < -0.3 is 4.74 Å². The van der Waals surface area contributed by atoms with Crippen molar-refractivity contribution >= 4 is 21.8 Å². The van der Waals surface area contributed by atoms with Crippen LogP contribution in [0.1, 0.15) is 12.0 Å². The molecule has 1 aliphatic rings. The Morgan fingerprint density at radius 2 is 2.15 bits per heavy atom. The maximum Gasteiger partial charge on any atom is 0.282 e. The average Bonchev–Trinajstić information content (AvgIpc) is 2.67. The Kier molecular flexibility index (Phi) is 5.26. The number of halogens is 1. The maximum absolute atomic E-state index is 12.5. The summed E-state index contributed by atoms with van der Waals surface area (Å²) in [7, 11) is -1.89. The maximum atomic E-state index is 12.5. The van der Waals surface area contributed by atoms with E-state index in [-0.39, 0.29) is 0 Å². The van der Waals surface area contributed by atoms with Crippen molar-refractivity contribution in [1.29, 1.82) is 0 Å². The molecule has 0 amide bonds. The molecule has 7 heteroatoms. The summed E-state index contributed by atoms with van der Waals surface area (Å²) in [6, 6.07) is 7.52. The fraction of sp³-hybridized carbons (Fsp3) is 0.538. The highest BCUT2D eigenvalue weighted by molar-refractivity contribution is 7.86. The molecule has 0 atom stereocenters. The van der Waals surface area contributed by atoms with E-state index < -0.39 is 10.2 Å². The van der Waals surface area contributed by atoms with Crippen LogP contribution in [0.3, 0.4) is 0 Å². The summed E-state index contributed by atoms with van der Waals surface area (Å²) in [5, 5.41) is 0. The van der Waals surface area contributed by atoms with Gasteiger partial charge in [0.05, 0.1) is 0 Å². The van der Waals surface area contributed by atoms with Crippen LogP contribution in [0.25, 0.3) is 0 Å². The van der Waals surface area contributed by atoms with E-state index in [2.05, 4.69) is 0 Å². The summed E-state index contributed by atoms with van der Waals surface area (Å²) in [5.41, 5.74) is 0.888. The van der Waals surface area contributed by atoms with Crippen LogP contribution >= 0.6 is 11.6 Å². The lowest BCUT2D eigenvalue weighted by Gasteiger charge is -2.25. The van der Waals surface area contributed by atoms with Crippen molar-refractivity contribution in [2.24, 2.45) is 0 Å². The minimum absolute atomic E-state index is 0.337. The van der Waals surface area contributed by atoms with Crippen LogP contribution in [0.5, 0.6) is 5.75 Å². The Morgan fingerprint density at radius 3 is 2.90 bits per heavy atom. The van der Waals surface area contributed by atoms with Crippen molar-refractivity contribution in [3.63, 3.8) is 0 Å². The van der Waals surface area contributed by atoms with Crippen molar-refractivity contribution < 1.29 is 13.2 Å². The first-order valence-electron chi connectivity index (χ1n) is 6.54. The number of alkyl halides is 1. The van der Waals surface area contributed by atoms with Gasteiger partial charge >= 0.3 is 0 Å². The quantitative estimate of drug-likeness (QED) is 0.776. The minimum Gasteiger partial charge on any atom is -0.492 e. The van der Waals surface area contributed by atoms with E-state index in [1.165, 1.54) is 8.61 Å². The molecule has 0 saturated heterocycles. The topological polar surface area (TPSA) is 49.9 Å². The van der Waals surface area contributed by atoms with Crippen LogP contribution in [-0.2, 0) is 16.8 Å². The molecule has 1 aliphatic heterocycles. The van der Waals surface area contributed by atoms with E-state index in [9.17, 15) is 8.42 Å². The molecule has 112 valence electrons. The highest BCUT2D eigenvalue weighted by atomic mass is 35.5. The Hall–Kier alpha value is -0.820. The third kappa shape index (κ3) is 3.44. The van der Waals surface area contributed by atoms with Gasteiger partial charge in [-0.3, -0.25) is 0 Å². The summed E-state index contributed by atoms with van der Waals surface area (Å²) in [5.74, 6) is 1.21. The van der Waals surface area contributed by atoms with E-state index >= 15 is 0 Å². The van der Waals surface area contributed by atoms with E-state index in [1.807, 2.05) is 24.3 Å². The Labute approximate surface area is 125 Å². The molecule has 0 spiro atoms. The molecular weight excluding hydrogens is 300 g/mol. The van der Waals surface area contributed by atoms with Crippen molar-refractivity contribution in [1.82, 2.24) is 8.61 Å². The minimum atomic E-state index is -3.47. The van der Waals surface area contributed by atoms with Gasteiger partial charge in [0.25, 0.3) is 10.2 Å². The summed E-state index contributed by atoms with van der Waals surface area (Å²) in [4.78, 5) is 0. The predicted octanol–water partition coefficient (Wildman–Crippen LogP) is 1.69. The molecule has 0 aromatic heterocycles. The third-order valence-corrected chi connectivity index (χ3v) is 5.45. The molecule has 0 saturated carbocycles. The van der Waals surface area contributed by atoms with Gasteiger partial charge in [-0.05, 0) is 12.5 Å². The monoisotopic (exact) mass is 318 g/mol. The summed E-state index contributed by atoms with van der Waals surface area (Å²) >= 11 is 5.62. The molecule has 0 radical (unpaired) electrons. The second-order valence-electron chi connectivity index (χ2n) is 4.66. The zero-order chi connectivity index (χ0) is 14.6. The van der Waals surface area contributed by atoms with Gasteiger partial charge in [0.15, 0.2) is 0 Å². The number of hydrogen-bond acceptors (Lipinski definition) is 3. The third-order valence-electron chi connectivity index (χ3n) is 3.24. The molecular formula is C13H19ClN2O3S. The highest BCUT2D eigenvalue weighted by Crippen LogP contribution is 2.24. The molecule has 0 unspecified atom stereocenters. The molecule has 0 N–H and O–H groups in total. The number of ether oxygens (including phenoxy) is 1. The van der Waals surface area contributed by atoms with Gasteiger partial charge in [-0.1, -0.05) is 18.2 Å². The number of benzene rings is 1. The van der Waals surface area contributed by atoms with Gasteiger partial charge in [-0.15, -0.1) is 11.6 Å². The van der Waals surface area contributed by atoms with Crippen molar-refractivity contribution in [2.45, 2.75) is 13.0 Å². The van der Waals surface area contributed by atoms with E-state index in [0.29, 0.717) is 38.5 Å².